The Morgan fingerprint density at radius 1 is 0.810 bits per heavy atom. The topological polar surface area (TPSA) is 7.68 Å². The van der Waals surface area contributed by atoms with Crippen LogP contribution in [0.25, 0.3) is 0 Å². The Bertz CT molecular complexity index is 190. The van der Waals surface area contributed by atoms with Crippen LogP contribution in [0.1, 0.15) is 80.1 Å². The Labute approximate surface area is 150 Å². The second-order valence-corrected chi connectivity index (χ2v) is 7.03. The summed E-state index contributed by atoms with van der Waals surface area (Å²) >= 11 is 11.7. The molecule has 0 fully saturated rings. The van der Waals surface area contributed by atoms with Gasteiger partial charge in [-0.25, -0.2) is 0 Å². The van der Waals surface area contributed by atoms with E-state index >= 15 is 0 Å². The standard InChI is InChI=1S/C12H26Cl2N2.C4H10.ClH/c1-5-7-9-15(10-8-6-2)11-12(3,4)16(13)14;1-3-4-2;/h5-11H2,1-4H3;3-4H2,1-2H3;1H. The van der Waals surface area contributed by atoms with Gasteiger partial charge in [-0.15, -0.1) is 3.94 Å². The van der Waals surface area contributed by atoms with Crippen molar-refractivity contribution in [2.75, 3.05) is 19.6 Å². The number of unbranched alkanes of at least 4 members (excludes halogenated alkanes) is 3. The number of nitrogens with zero attached hydrogens (tertiary/aromatic N) is 1. The molecule has 0 radical (unpaired) electrons. The lowest BCUT2D eigenvalue weighted by Crippen LogP contribution is -3.14. The van der Waals surface area contributed by atoms with Gasteiger partial charge in [0.25, 0.3) is 0 Å². The van der Waals surface area contributed by atoms with E-state index in [9.17, 15) is 0 Å². The molecule has 1 N–H and O–H groups in total. The van der Waals surface area contributed by atoms with Crippen molar-refractivity contribution in [2.45, 2.75) is 85.6 Å². The molecule has 0 atom stereocenters. The first kappa shape index (κ1) is 26.7. The van der Waals surface area contributed by atoms with Crippen molar-refractivity contribution in [1.82, 2.24) is 3.94 Å². The smallest absolute Gasteiger partial charge is 0.0979 e. The Morgan fingerprint density at radius 2 is 1.19 bits per heavy atom. The van der Waals surface area contributed by atoms with Gasteiger partial charge in [-0.3, -0.25) is 0 Å². The molecule has 0 unspecified atom stereocenters. The van der Waals surface area contributed by atoms with Crippen LogP contribution in [0.3, 0.4) is 0 Å². The molecule has 0 amide bonds. The number of halogens is 3. The summed E-state index contributed by atoms with van der Waals surface area (Å²) < 4.78 is 1.30. The highest BCUT2D eigenvalue weighted by Gasteiger charge is 2.29. The highest BCUT2D eigenvalue weighted by atomic mass is 35.5. The second-order valence-electron chi connectivity index (χ2n) is 6.18. The molecule has 2 nitrogen and oxygen atoms in total. The van der Waals surface area contributed by atoms with E-state index in [4.69, 9.17) is 23.6 Å². The maximum atomic E-state index is 5.87. The maximum absolute atomic E-state index is 5.87. The monoisotopic (exact) mass is 362 g/mol. The number of hydrogen-bond acceptors (Lipinski definition) is 1. The van der Waals surface area contributed by atoms with E-state index in [2.05, 4.69) is 41.5 Å². The van der Waals surface area contributed by atoms with Crippen LogP contribution in [-0.4, -0.2) is 29.1 Å². The average molecular weight is 364 g/mol. The van der Waals surface area contributed by atoms with Crippen LogP contribution in [0.2, 0.25) is 0 Å². The third-order valence-electron chi connectivity index (χ3n) is 3.41. The molecule has 0 aromatic heterocycles. The van der Waals surface area contributed by atoms with Gasteiger partial charge in [-0.05, 0) is 50.2 Å². The van der Waals surface area contributed by atoms with Crippen molar-refractivity contribution in [3.63, 3.8) is 0 Å². The third-order valence-corrected chi connectivity index (χ3v) is 4.32. The zero-order chi connectivity index (χ0) is 16.0. The van der Waals surface area contributed by atoms with Crippen LogP contribution in [0.15, 0.2) is 0 Å². The molecular weight excluding hydrogens is 327 g/mol. The Morgan fingerprint density at radius 3 is 1.43 bits per heavy atom. The first-order valence-corrected chi connectivity index (χ1v) is 8.98. The van der Waals surface area contributed by atoms with E-state index in [-0.39, 0.29) is 17.9 Å². The van der Waals surface area contributed by atoms with Crippen molar-refractivity contribution in [2.24, 2.45) is 0 Å². The first-order chi connectivity index (χ1) is 9.35. The van der Waals surface area contributed by atoms with E-state index < -0.39 is 0 Å². The van der Waals surface area contributed by atoms with Crippen molar-refractivity contribution in [3.8, 4) is 0 Å². The van der Waals surface area contributed by atoms with Gasteiger partial charge in [-0.2, -0.15) is 0 Å². The molecular formula is C16H37Cl3N2. The maximum Gasteiger partial charge on any atom is 0.0979 e. The number of quaternary nitrogens is 1. The van der Waals surface area contributed by atoms with Gasteiger partial charge in [0, 0.05) is 0 Å². The van der Waals surface area contributed by atoms with Crippen LogP contribution in [-0.2, 0) is 0 Å². The minimum atomic E-state index is -0.153. The molecule has 0 aromatic rings. The lowest BCUT2D eigenvalue weighted by molar-refractivity contribution is -0.904. The van der Waals surface area contributed by atoms with Crippen molar-refractivity contribution in [3.05, 3.63) is 0 Å². The molecule has 0 spiro atoms. The first-order valence-electron chi connectivity index (χ1n) is 8.30. The van der Waals surface area contributed by atoms with E-state index in [1.54, 1.807) is 4.90 Å². The lowest BCUT2D eigenvalue weighted by atomic mass is 10.1. The van der Waals surface area contributed by atoms with Gasteiger partial charge >= 0.3 is 0 Å². The summed E-state index contributed by atoms with van der Waals surface area (Å²) in [5.41, 5.74) is -0.153. The number of hydrogen-bond donors (Lipinski definition) is 1. The second kappa shape index (κ2) is 17.1. The Balaban J connectivity index is -0.000000572. The van der Waals surface area contributed by atoms with Crippen LogP contribution in [0.5, 0.6) is 0 Å². The van der Waals surface area contributed by atoms with Gasteiger partial charge in [0.1, 0.15) is 0 Å². The fourth-order valence-electron chi connectivity index (χ4n) is 1.83. The van der Waals surface area contributed by atoms with Crippen molar-refractivity contribution < 1.29 is 17.3 Å². The fraction of sp³-hybridized carbons (Fsp3) is 1.00. The fourth-order valence-corrected chi connectivity index (χ4v) is 1.95. The minimum Gasteiger partial charge on any atom is -1.00 e. The zero-order valence-corrected chi connectivity index (χ0v) is 17.2. The van der Waals surface area contributed by atoms with Crippen LogP contribution in [0, 0.1) is 0 Å². The van der Waals surface area contributed by atoms with E-state index in [1.807, 2.05) is 0 Å². The van der Waals surface area contributed by atoms with E-state index in [0.29, 0.717) is 0 Å². The van der Waals surface area contributed by atoms with Crippen LogP contribution in [0.4, 0.5) is 0 Å². The van der Waals surface area contributed by atoms with E-state index in [1.165, 1.54) is 55.6 Å². The highest BCUT2D eigenvalue weighted by molar-refractivity contribution is 6.34. The highest BCUT2D eigenvalue weighted by Crippen LogP contribution is 2.17. The summed E-state index contributed by atoms with van der Waals surface area (Å²) in [4.78, 5) is 1.61. The molecule has 132 valence electrons. The molecule has 0 bridgehead atoms. The molecule has 0 aliphatic rings. The predicted molar refractivity (Wildman–Crippen MR) is 93.6 cm³/mol. The van der Waals surface area contributed by atoms with Gasteiger partial charge in [0.05, 0.1) is 25.2 Å². The molecule has 0 aromatic carbocycles. The molecule has 0 heterocycles. The van der Waals surface area contributed by atoms with Crippen LogP contribution < -0.4 is 17.3 Å². The van der Waals surface area contributed by atoms with Crippen molar-refractivity contribution in [1.29, 1.82) is 0 Å². The average Bonchev–Trinajstić information content (AvgIpc) is 2.41. The van der Waals surface area contributed by atoms with Crippen molar-refractivity contribution >= 4 is 23.6 Å². The SMILES string of the molecule is CCCC.CCCC[NH+](CCCC)CC(C)(C)N(Cl)Cl.[Cl-]. The molecule has 0 aliphatic carbocycles. The predicted octanol–water partition coefficient (Wildman–Crippen LogP) is 1.67. The number of nitrogens with one attached hydrogen (secondary N) is 1. The van der Waals surface area contributed by atoms with E-state index in [0.717, 1.165) is 6.54 Å². The molecule has 21 heavy (non-hydrogen) atoms. The molecule has 5 heteroatoms. The summed E-state index contributed by atoms with van der Waals surface area (Å²) in [6.45, 7) is 16.5. The van der Waals surface area contributed by atoms with Crippen LogP contribution >= 0.6 is 23.6 Å². The summed E-state index contributed by atoms with van der Waals surface area (Å²) in [7, 11) is 0. The molecule has 0 aliphatic heterocycles. The summed E-state index contributed by atoms with van der Waals surface area (Å²) in [5, 5.41) is 0. The van der Waals surface area contributed by atoms with Gasteiger partial charge in [0.15, 0.2) is 0 Å². The normalized spacial score (nSPS) is 11.1. The number of rotatable bonds is 10. The summed E-state index contributed by atoms with van der Waals surface area (Å²) in [6.07, 6.45) is 7.70. The zero-order valence-electron chi connectivity index (χ0n) is 14.9. The molecule has 0 saturated heterocycles. The van der Waals surface area contributed by atoms with Gasteiger partial charge in [-0.1, -0.05) is 53.4 Å². The van der Waals surface area contributed by atoms with Gasteiger partial charge < -0.3 is 17.3 Å². The quantitative estimate of drug-likeness (QED) is 0.580. The molecule has 0 saturated carbocycles. The lowest BCUT2D eigenvalue weighted by Gasteiger charge is -2.31. The molecule has 0 rings (SSSR count). The van der Waals surface area contributed by atoms with Gasteiger partial charge in [0.2, 0.25) is 0 Å². The Kier molecular flexibility index (Phi) is 21.8. The minimum absolute atomic E-state index is 0. The summed E-state index contributed by atoms with van der Waals surface area (Å²) in [5.74, 6) is 0. The summed E-state index contributed by atoms with van der Waals surface area (Å²) in [6, 6.07) is 0. The third kappa shape index (κ3) is 17.0. The Hall–Kier alpha value is 0.790. The largest absolute Gasteiger partial charge is 1.00 e.